The topological polar surface area (TPSA) is 76.1 Å². The van der Waals surface area contributed by atoms with Crippen LogP contribution in [-0.2, 0) is 9.84 Å². The largest absolute Gasteiger partial charge is 0.348 e. The number of rotatable bonds is 6. The highest BCUT2D eigenvalue weighted by Crippen LogP contribution is 2.21. The lowest BCUT2D eigenvalue weighted by atomic mass is 10.2. The lowest BCUT2D eigenvalue weighted by Gasteiger charge is -2.12. The minimum atomic E-state index is -3.02. The van der Waals surface area contributed by atoms with Crippen molar-refractivity contribution in [2.75, 3.05) is 17.3 Å². The van der Waals surface area contributed by atoms with E-state index in [1.807, 2.05) is 42.5 Å². The number of carbonyl (C=O) groups excluding carboxylic acids is 1. The van der Waals surface area contributed by atoms with E-state index in [9.17, 15) is 13.2 Å². The summed E-state index contributed by atoms with van der Waals surface area (Å²) >= 11 is 1.48. The first-order valence-corrected chi connectivity index (χ1v) is 11.1. The molecule has 0 spiro atoms. The zero-order valence-electron chi connectivity index (χ0n) is 14.2. The molecular formula is C19H20N2O3S2. The quantitative estimate of drug-likeness (QED) is 0.770. The summed E-state index contributed by atoms with van der Waals surface area (Å²) in [5, 5.41) is 3.46. The van der Waals surface area contributed by atoms with Crippen molar-refractivity contribution < 1.29 is 13.2 Å². The fourth-order valence-corrected chi connectivity index (χ4v) is 5.20. The van der Waals surface area contributed by atoms with Gasteiger partial charge in [-0.25, -0.2) is 13.4 Å². The second-order valence-corrected chi connectivity index (χ2v) is 9.29. The fourth-order valence-electron chi connectivity index (χ4n) is 2.73. The Bertz CT molecular complexity index is 896. The van der Waals surface area contributed by atoms with Gasteiger partial charge in [0.05, 0.1) is 17.1 Å². The van der Waals surface area contributed by atoms with Crippen LogP contribution in [0.15, 0.2) is 59.8 Å². The number of nitrogens with zero attached hydrogens (tertiary/aromatic N) is 1. The maximum atomic E-state index is 12.5. The van der Waals surface area contributed by atoms with Crippen LogP contribution in [0, 0.1) is 0 Å². The molecular weight excluding hydrogens is 368 g/mol. The van der Waals surface area contributed by atoms with Crippen molar-refractivity contribution in [3.8, 4) is 0 Å². The third-order valence-corrected chi connectivity index (χ3v) is 6.74. The van der Waals surface area contributed by atoms with Crippen molar-refractivity contribution in [3.05, 3.63) is 65.9 Å². The molecule has 1 amide bonds. The van der Waals surface area contributed by atoms with Gasteiger partial charge in [-0.15, -0.1) is 11.8 Å². The molecule has 7 heteroatoms. The van der Waals surface area contributed by atoms with Crippen LogP contribution < -0.4 is 5.32 Å². The Morgan fingerprint density at radius 1 is 1.23 bits per heavy atom. The molecule has 1 fully saturated rings. The Morgan fingerprint density at radius 2 is 2.04 bits per heavy atom. The van der Waals surface area contributed by atoms with Gasteiger partial charge in [-0.1, -0.05) is 42.5 Å². The van der Waals surface area contributed by atoms with E-state index in [0.717, 1.165) is 5.56 Å². The van der Waals surface area contributed by atoms with Crippen molar-refractivity contribution >= 4 is 33.6 Å². The van der Waals surface area contributed by atoms with Gasteiger partial charge in [0.15, 0.2) is 9.84 Å². The zero-order chi connectivity index (χ0) is 18.4. The first-order valence-electron chi connectivity index (χ1n) is 8.34. The summed E-state index contributed by atoms with van der Waals surface area (Å²) in [6, 6.07) is 13.1. The number of nitrogens with one attached hydrogen (secondary N) is 1. The van der Waals surface area contributed by atoms with Gasteiger partial charge in [-0.05, 0) is 24.1 Å². The van der Waals surface area contributed by atoms with E-state index >= 15 is 0 Å². The van der Waals surface area contributed by atoms with Gasteiger partial charge in [0.1, 0.15) is 5.03 Å². The van der Waals surface area contributed by atoms with E-state index in [2.05, 4.69) is 10.3 Å². The Kier molecular flexibility index (Phi) is 6.11. The first-order chi connectivity index (χ1) is 12.5. The summed E-state index contributed by atoms with van der Waals surface area (Å²) < 4.78 is 23.1. The molecule has 5 nitrogen and oxygen atoms in total. The highest BCUT2D eigenvalue weighted by atomic mass is 32.2. The fraction of sp³-hybridized carbons (Fsp3) is 0.263. The molecule has 1 N–H and O–H groups in total. The number of hydrogen-bond donors (Lipinski definition) is 1. The summed E-state index contributed by atoms with van der Waals surface area (Å²) in [6.07, 6.45) is 6.18. The van der Waals surface area contributed by atoms with Crippen molar-refractivity contribution in [1.29, 1.82) is 0 Å². The standard InChI is InChI=1S/C19H20N2O3S2/c22-18(21-16-10-13-26(23,24)14-16)17-9-4-11-20-19(17)25-12-5-8-15-6-2-1-3-7-15/h1-9,11,16H,10,12-14H2,(H,21,22)/b8-5+/t16-/m0/s1. The highest BCUT2D eigenvalue weighted by Gasteiger charge is 2.29. The Morgan fingerprint density at radius 3 is 2.77 bits per heavy atom. The van der Waals surface area contributed by atoms with E-state index in [1.54, 1.807) is 18.3 Å². The number of carbonyl (C=O) groups is 1. The maximum absolute atomic E-state index is 12.5. The Labute approximate surface area is 157 Å². The molecule has 0 bridgehead atoms. The molecule has 1 atom stereocenters. The number of amides is 1. The molecule has 136 valence electrons. The Hall–Kier alpha value is -2.12. The van der Waals surface area contributed by atoms with Crippen LogP contribution >= 0.6 is 11.8 Å². The number of aromatic nitrogens is 1. The smallest absolute Gasteiger partial charge is 0.254 e. The van der Waals surface area contributed by atoms with Crippen LogP contribution in [-0.4, -0.2) is 42.6 Å². The molecule has 1 aromatic heterocycles. The molecule has 1 saturated heterocycles. The third kappa shape index (κ3) is 5.19. The predicted octanol–water partition coefficient (Wildman–Crippen LogP) is 2.80. The van der Waals surface area contributed by atoms with Gasteiger partial charge in [-0.3, -0.25) is 4.79 Å². The number of benzene rings is 1. The van der Waals surface area contributed by atoms with Crippen molar-refractivity contribution in [1.82, 2.24) is 10.3 Å². The molecule has 1 aliphatic rings. The highest BCUT2D eigenvalue weighted by molar-refractivity contribution is 7.99. The SMILES string of the molecule is O=C(N[C@H]1CCS(=O)(=O)C1)c1cccnc1SC/C=C/c1ccccc1. The second-order valence-electron chi connectivity index (χ2n) is 6.05. The lowest BCUT2D eigenvalue weighted by molar-refractivity contribution is 0.0937. The summed E-state index contributed by atoms with van der Waals surface area (Å²) in [7, 11) is -3.02. The molecule has 2 aromatic rings. The van der Waals surface area contributed by atoms with E-state index in [-0.39, 0.29) is 23.5 Å². The predicted molar refractivity (Wildman–Crippen MR) is 105 cm³/mol. The second kappa shape index (κ2) is 8.51. The van der Waals surface area contributed by atoms with Crippen molar-refractivity contribution in [2.24, 2.45) is 0 Å². The molecule has 0 aliphatic carbocycles. The average Bonchev–Trinajstić information content (AvgIpc) is 2.98. The molecule has 3 rings (SSSR count). The Balaban J connectivity index is 1.60. The van der Waals surface area contributed by atoms with Crippen molar-refractivity contribution in [2.45, 2.75) is 17.5 Å². The van der Waals surface area contributed by atoms with Crippen LogP contribution in [0.3, 0.4) is 0 Å². The zero-order valence-corrected chi connectivity index (χ0v) is 15.8. The third-order valence-electron chi connectivity index (χ3n) is 4.01. The molecule has 0 unspecified atom stereocenters. The maximum Gasteiger partial charge on any atom is 0.254 e. The molecule has 1 aromatic carbocycles. The van der Waals surface area contributed by atoms with E-state index in [0.29, 0.717) is 22.8 Å². The van der Waals surface area contributed by atoms with Crippen LogP contribution in [0.1, 0.15) is 22.3 Å². The molecule has 0 radical (unpaired) electrons. The van der Waals surface area contributed by atoms with Gasteiger partial charge < -0.3 is 5.32 Å². The number of thioether (sulfide) groups is 1. The van der Waals surface area contributed by atoms with E-state index in [1.165, 1.54) is 11.8 Å². The van der Waals surface area contributed by atoms with Gasteiger partial charge in [0.2, 0.25) is 0 Å². The van der Waals surface area contributed by atoms with Crippen LogP contribution in [0.5, 0.6) is 0 Å². The summed E-state index contributed by atoms with van der Waals surface area (Å²) in [5.41, 5.74) is 1.60. The average molecular weight is 389 g/mol. The van der Waals surface area contributed by atoms with Crippen LogP contribution in [0.4, 0.5) is 0 Å². The lowest BCUT2D eigenvalue weighted by Crippen LogP contribution is -2.35. The van der Waals surface area contributed by atoms with Gasteiger partial charge in [0.25, 0.3) is 5.91 Å². The van der Waals surface area contributed by atoms with Gasteiger partial charge in [0, 0.05) is 18.0 Å². The molecule has 1 aliphatic heterocycles. The molecule has 2 heterocycles. The summed E-state index contributed by atoms with van der Waals surface area (Å²) in [5.74, 6) is 0.567. The first kappa shape index (κ1) is 18.7. The minimum Gasteiger partial charge on any atom is -0.348 e. The van der Waals surface area contributed by atoms with Gasteiger partial charge in [-0.2, -0.15) is 0 Å². The monoisotopic (exact) mass is 388 g/mol. The molecule has 26 heavy (non-hydrogen) atoms. The van der Waals surface area contributed by atoms with E-state index in [4.69, 9.17) is 0 Å². The summed E-state index contributed by atoms with van der Waals surface area (Å²) in [6.45, 7) is 0. The number of hydrogen-bond acceptors (Lipinski definition) is 5. The number of sulfone groups is 1. The summed E-state index contributed by atoms with van der Waals surface area (Å²) in [4.78, 5) is 16.8. The van der Waals surface area contributed by atoms with E-state index < -0.39 is 9.84 Å². The van der Waals surface area contributed by atoms with Crippen molar-refractivity contribution in [3.63, 3.8) is 0 Å². The van der Waals surface area contributed by atoms with Gasteiger partial charge >= 0.3 is 0 Å². The normalized spacial score (nSPS) is 18.8. The van der Waals surface area contributed by atoms with Crippen LogP contribution in [0.2, 0.25) is 0 Å². The number of pyridine rings is 1. The molecule has 0 saturated carbocycles. The van der Waals surface area contributed by atoms with Crippen LogP contribution in [0.25, 0.3) is 6.08 Å². The minimum absolute atomic E-state index is 0.0152.